The van der Waals surface area contributed by atoms with E-state index in [1.165, 1.54) is 29.5 Å². The van der Waals surface area contributed by atoms with Crippen molar-refractivity contribution in [2.45, 2.75) is 43.5 Å². The summed E-state index contributed by atoms with van der Waals surface area (Å²) in [4.78, 5) is 0. The molecule has 0 aromatic heterocycles. The van der Waals surface area contributed by atoms with Gasteiger partial charge >= 0.3 is 15.6 Å². The maximum absolute atomic E-state index is 12.3. The summed E-state index contributed by atoms with van der Waals surface area (Å²) in [5.74, 6) is -0.127. The van der Waals surface area contributed by atoms with Crippen molar-refractivity contribution in [1.82, 2.24) is 0 Å². The Bertz CT molecular complexity index is 1240. The minimum absolute atomic E-state index is 0.194. The lowest BCUT2D eigenvalue weighted by Crippen LogP contribution is -2.50. The van der Waals surface area contributed by atoms with Crippen LogP contribution in [0.4, 0.5) is 13.2 Å². The van der Waals surface area contributed by atoms with Crippen LogP contribution in [0.3, 0.4) is 0 Å². The molecule has 0 aliphatic carbocycles. The SMILES string of the molecule is C=CC[Si](CC=C)(OCC)c1ccc(O)cc1.C=CC[Si](CC=C)(OCC)c1ccc(OS(=O)(=O)C(F)(F)F)cc1.ClCCl. The number of halogens is 5. The molecule has 0 unspecified atom stereocenters. The number of aromatic hydroxyl groups is 1. The summed E-state index contributed by atoms with van der Waals surface area (Å²) < 4.78 is 75.2. The average molecular weight is 714 g/mol. The second-order valence-electron chi connectivity index (χ2n) is 8.98. The zero-order valence-corrected chi connectivity index (χ0v) is 29.3. The van der Waals surface area contributed by atoms with Gasteiger partial charge in [-0.15, -0.1) is 49.5 Å². The molecule has 0 aliphatic heterocycles. The Morgan fingerprint density at radius 2 is 1.07 bits per heavy atom. The fourth-order valence-electron chi connectivity index (χ4n) is 4.28. The summed E-state index contributed by atoms with van der Waals surface area (Å²) in [5, 5.41) is 11.5. The number of alkyl halides is 5. The van der Waals surface area contributed by atoms with Crippen molar-refractivity contribution in [3.8, 4) is 11.5 Å². The monoisotopic (exact) mass is 712 g/mol. The van der Waals surface area contributed by atoms with E-state index in [9.17, 15) is 26.7 Å². The van der Waals surface area contributed by atoms with E-state index >= 15 is 0 Å². The van der Waals surface area contributed by atoms with Crippen LogP contribution in [0.1, 0.15) is 13.8 Å². The Morgan fingerprint density at radius 3 is 1.34 bits per heavy atom. The van der Waals surface area contributed by atoms with Crippen molar-refractivity contribution in [1.29, 1.82) is 0 Å². The molecule has 0 saturated heterocycles. The van der Waals surface area contributed by atoms with Gasteiger partial charge in [0.05, 0.1) is 5.34 Å². The van der Waals surface area contributed by atoms with Gasteiger partial charge in [-0.1, -0.05) is 48.6 Å². The van der Waals surface area contributed by atoms with Crippen LogP contribution < -0.4 is 14.6 Å². The highest BCUT2D eigenvalue weighted by Gasteiger charge is 2.48. The third kappa shape index (κ3) is 13.0. The lowest BCUT2D eigenvalue weighted by Gasteiger charge is -2.29. The number of rotatable bonds is 16. The molecule has 0 saturated carbocycles. The highest BCUT2D eigenvalue weighted by Crippen LogP contribution is 2.27. The molecule has 2 aromatic rings. The van der Waals surface area contributed by atoms with Gasteiger partial charge in [-0.2, -0.15) is 21.6 Å². The quantitative estimate of drug-likeness (QED) is 0.0628. The van der Waals surface area contributed by atoms with Gasteiger partial charge in [0.1, 0.15) is 11.5 Å². The summed E-state index contributed by atoms with van der Waals surface area (Å²) in [6.07, 6.45) is 7.28. The van der Waals surface area contributed by atoms with Crippen LogP contribution in [-0.2, 0) is 19.0 Å². The van der Waals surface area contributed by atoms with Gasteiger partial charge in [-0.25, -0.2) is 0 Å². The minimum atomic E-state index is -5.68. The topological polar surface area (TPSA) is 82.1 Å². The van der Waals surface area contributed by atoms with Crippen molar-refractivity contribution < 1.29 is 39.7 Å². The maximum atomic E-state index is 12.3. The molecule has 44 heavy (non-hydrogen) atoms. The highest BCUT2D eigenvalue weighted by atomic mass is 35.5. The predicted molar refractivity (Wildman–Crippen MR) is 181 cm³/mol. The number of hydrogen-bond donors (Lipinski definition) is 1. The molecule has 1 N–H and O–H groups in total. The molecule has 0 aliphatic rings. The third-order valence-electron chi connectivity index (χ3n) is 6.00. The zero-order chi connectivity index (χ0) is 33.9. The zero-order valence-electron chi connectivity index (χ0n) is 25.0. The van der Waals surface area contributed by atoms with Gasteiger partial charge in [-0.05, 0) is 72.7 Å². The molecule has 0 radical (unpaired) electrons. The summed E-state index contributed by atoms with van der Waals surface area (Å²) in [6, 6.07) is 15.6. The van der Waals surface area contributed by atoms with Gasteiger partial charge in [0.15, 0.2) is 0 Å². The first-order valence-electron chi connectivity index (χ1n) is 13.5. The van der Waals surface area contributed by atoms with Crippen LogP contribution in [-0.4, -0.2) is 54.2 Å². The normalized spacial score (nSPS) is 11.6. The maximum Gasteiger partial charge on any atom is 0.534 e. The molecule has 0 spiro atoms. The molecule has 246 valence electrons. The van der Waals surface area contributed by atoms with Crippen molar-refractivity contribution in [3.05, 3.63) is 99.2 Å². The predicted octanol–water partition coefficient (Wildman–Crippen LogP) is 7.85. The lowest BCUT2D eigenvalue weighted by molar-refractivity contribution is -0.0500. The number of hydrogen-bond acceptors (Lipinski definition) is 6. The molecular weight excluding hydrogens is 672 g/mol. The second kappa shape index (κ2) is 20.7. The molecule has 6 nitrogen and oxygen atoms in total. The molecule has 0 fully saturated rings. The van der Waals surface area contributed by atoms with Crippen LogP contribution in [0.25, 0.3) is 0 Å². The first-order chi connectivity index (χ1) is 20.7. The van der Waals surface area contributed by atoms with E-state index in [1.807, 2.05) is 38.1 Å². The molecule has 2 rings (SSSR count). The largest absolute Gasteiger partial charge is 0.534 e. The third-order valence-corrected chi connectivity index (χ3v) is 15.2. The van der Waals surface area contributed by atoms with E-state index in [4.69, 9.17) is 32.1 Å². The average Bonchev–Trinajstić information content (AvgIpc) is 2.94. The lowest BCUT2D eigenvalue weighted by atomic mass is 10.3. The number of benzene rings is 2. The summed E-state index contributed by atoms with van der Waals surface area (Å²) in [5.41, 5.74) is -5.47. The van der Waals surface area contributed by atoms with E-state index < -0.39 is 38.0 Å². The fraction of sp³-hybridized carbons (Fsp3) is 0.333. The van der Waals surface area contributed by atoms with Crippen molar-refractivity contribution in [3.63, 3.8) is 0 Å². The van der Waals surface area contributed by atoms with Crippen molar-refractivity contribution in [2.24, 2.45) is 0 Å². The van der Waals surface area contributed by atoms with E-state index in [0.717, 1.165) is 17.3 Å². The van der Waals surface area contributed by atoms with Crippen LogP contribution >= 0.6 is 23.2 Å². The van der Waals surface area contributed by atoms with Crippen molar-refractivity contribution >= 4 is 60.3 Å². The van der Waals surface area contributed by atoms with Gasteiger partial charge in [0.25, 0.3) is 0 Å². The molecule has 2 aromatic carbocycles. The van der Waals surface area contributed by atoms with Crippen LogP contribution in [0.2, 0.25) is 24.2 Å². The van der Waals surface area contributed by atoms with Gasteiger partial charge < -0.3 is 18.1 Å². The van der Waals surface area contributed by atoms with Crippen LogP contribution in [0.15, 0.2) is 99.2 Å². The van der Waals surface area contributed by atoms with E-state index in [-0.39, 0.29) is 11.1 Å². The number of allylic oxidation sites excluding steroid dienone is 4. The van der Waals surface area contributed by atoms with E-state index in [0.29, 0.717) is 25.3 Å². The summed E-state index contributed by atoms with van der Waals surface area (Å²) >= 11 is 9.53. The van der Waals surface area contributed by atoms with Gasteiger partial charge in [-0.3, -0.25) is 0 Å². The van der Waals surface area contributed by atoms with E-state index in [2.05, 4.69) is 30.5 Å². The summed E-state index contributed by atoms with van der Waals surface area (Å²) in [6.45, 7) is 20.1. The molecule has 0 bridgehead atoms. The number of phenols is 1. The highest BCUT2D eigenvalue weighted by molar-refractivity contribution is 7.88. The molecule has 14 heteroatoms. The van der Waals surface area contributed by atoms with E-state index in [1.54, 1.807) is 24.3 Å². The molecule has 0 heterocycles. The van der Waals surface area contributed by atoms with Crippen LogP contribution in [0, 0.1) is 0 Å². The molecule has 0 atom stereocenters. The second-order valence-corrected chi connectivity index (χ2v) is 18.7. The standard InChI is InChI=1S/C15H19F3O4SSi.C14H20O2Si.CH2Cl2/c1-4-11-24(12-5-2,21-6-3)14-9-7-13(8-10-14)22-23(19,20)15(16,17)18;1-4-11-17(12-5-2,16-6-3)14-9-7-13(15)8-10-14;2-1-3/h4-5,7-10H,1-2,6,11-12H2,3H3;4-5,7-10,15H,1-2,6,11-12H2,3H3;1H2. The summed E-state index contributed by atoms with van der Waals surface area (Å²) in [7, 11) is -10.2. The molecule has 0 amide bonds. The minimum Gasteiger partial charge on any atom is -0.508 e. The molecular formula is C30H41Cl2F3O6SSi2. The smallest absolute Gasteiger partial charge is 0.508 e. The van der Waals surface area contributed by atoms with Crippen LogP contribution in [0.5, 0.6) is 11.5 Å². The first-order valence-corrected chi connectivity index (χ1v) is 20.6. The Balaban J connectivity index is 0.000000808. The van der Waals surface area contributed by atoms with Crippen molar-refractivity contribution in [2.75, 3.05) is 18.6 Å². The fourth-order valence-corrected chi connectivity index (χ4v) is 11.3. The first kappa shape index (κ1) is 41.7. The Labute approximate surface area is 271 Å². The van der Waals surface area contributed by atoms with Gasteiger partial charge in [0, 0.05) is 13.2 Å². The van der Waals surface area contributed by atoms with Gasteiger partial charge in [0.2, 0.25) is 16.6 Å². The Morgan fingerprint density at radius 1 is 0.750 bits per heavy atom. The number of phenolic OH excluding ortho intramolecular Hbond substituents is 1. The Kier molecular flexibility index (Phi) is 19.6. The Hall–Kier alpha value is -2.33.